The summed E-state index contributed by atoms with van der Waals surface area (Å²) in [5.74, 6) is 0.280. The molecule has 41 heavy (non-hydrogen) atoms. The molecule has 0 spiro atoms. The molecule has 3 atom stereocenters. The lowest BCUT2D eigenvalue weighted by atomic mass is 9.64. The second kappa shape index (κ2) is 10.9. The van der Waals surface area contributed by atoms with Crippen LogP contribution in [0.2, 0.25) is 0 Å². The predicted octanol–water partition coefficient (Wildman–Crippen LogP) is 6.53. The normalized spacial score (nSPS) is 20.3. The molecular formula is C32H33NO8. The molecule has 0 unspecified atom stereocenters. The van der Waals surface area contributed by atoms with E-state index in [9.17, 15) is 20.0 Å². The third-order valence-electron chi connectivity index (χ3n) is 8.13. The van der Waals surface area contributed by atoms with Crippen LogP contribution in [-0.2, 0) is 9.53 Å². The Kier molecular flexibility index (Phi) is 7.50. The number of methoxy groups -OCH3 is 1. The molecule has 0 aromatic heterocycles. The molecule has 0 saturated heterocycles. The summed E-state index contributed by atoms with van der Waals surface area (Å²) >= 11 is 0. The number of hydrogen-bond donors (Lipinski definition) is 2. The Hall–Kier alpha value is -4.34. The minimum Gasteiger partial charge on any atom is -0.496 e. The highest BCUT2D eigenvalue weighted by molar-refractivity contribution is 6.23. The fraction of sp³-hybridized carbons (Fsp3) is 0.312. The number of nitrogens with zero attached hydrogens (tertiary/aromatic N) is 1. The Morgan fingerprint density at radius 2 is 2.02 bits per heavy atom. The second-order valence-corrected chi connectivity index (χ2v) is 10.7. The van der Waals surface area contributed by atoms with Crippen molar-refractivity contribution < 1.29 is 39.0 Å². The molecule has 2 aliphatic rings. The van der Waals surface area contributed by atoms with E-state index in [1.807, 2.05) is 12.1 Å². The van der Waals surface area contributed by atoms with Gasteiger partial charge in [0.05, 0.1) is 12.7 Å². The van der Waals surface area contributed by atoms with E-state index >= 15 is 0 Å². The summed E-state index contributed by atoms with van der Waals surface area (Å²) in [5, 5.41) is 22.4. The highest BCUT2D eigenvalue weighted by atomic mass is 16.8. The number of allylic oxidation sites excluding steroid dienone is 3. The van der Waals surface area contributed by atoms with Gasteiger partial charge in [-0.1, -0.05) is 43.4 Å². The first kappa shape index (κ1) is 28.2. The number of rotatable bonds is 9. The predicted molar refractivity (Wildman–Crippen MR) is 154 cm³/mol. The van der Waals surface area contributed by atoms with E-state index in [4.69, 9.17) is 18.9 Å². The van der Waals surface area contributed by atoms with Gasteiger partial charge in [0, 0.05) is 28.5 Å². The first-order valence-electron chi connectivity index (χ1n) is 13.3. The van der Waals surface area contributed by atoms with Crippen molar-refractivity contribution in [2.24, 2.45) is 11.3 Å². The third kappa shape index (κ3) is 4.81. The average Bonchev–Trinajstić information content (AvgIpc) is 3.44. The van der Waals surface area contributed by atoms with Gasteiger partial charge < -0.3 is 18.9 Å². The van der Waals surface area contributed by atoms with E-state index in [0.29, 0.717) is 45.4 Å². The quantitative estimate of drug-likeness (QED) is 0.0753. The smallest absolute Gasteiger partial charge is 0.339 e. The van der Waals surface area contributed by atoms with E-state index in [0.717, 1.165) is 24.7 Å². The van der Waals surface area contributed by atoms with Crippen molar-refractivity contribution in [3.8, 4) is 17.2 Å². The van der Waals surface area contributed by atoms with E-state index in [1.165, 1.54) is 19.2 Å². The summed E-state index contributed by atoms with van der Waals surface area (Å²) < 4.78 is 22.9. The monoisotopic (exact) mass is 559 g/mol. The zero-order chi connectivity index (χ0) is 29.5. The summed E-state index contributed by atoms with van der Waals surface area (Å²) in [5.41, 5.74) is 1.08. The van der Waals surface area contributed by atoms with Gasteiger partial charge in [0.2, 0.25) is 6.79 Å². The van der Waals surface area contributed by atoms with Crippen LogP contribution in [0, 0.1) is 11.3 Å². The van der Waals surface area contributed by atoms with Crippen LogP contribution in [0.25, 0.3) is 21.5 Å². The number of ether oxygens (including phenoxy) is 4. The van der Waals surface area contributed by atoms with Crippen molar-refractivity contribution >= 4 is 39.5 Å². The van der Waals surface area contributed by atoms with Crippen molar-refractivity contribution in [1.29, 1.82) is 0 Å². The van der Waals surface area contributed by atoms with Gasteiger partial charge in [0.1, 0.15) is 23.8 Å². The van der Waals surface area contributed by atoms with Gasteiger partial charge >= 0.3 is 5.97 Å². The van der Waals surface area contributed by atoms with Crippen molar-refractivity contribution in [2.45, 2.75) is 39.2 Å². The molecule has 0 bridgehead atoms. The van der Waals surface area contributed by atoms with Crippen LogP contribution < -0.4 is 19.4 Å². The Labute approximate surface area is 237 Å². The summed E-state index contributed by atoms with van der Waals surface area (Å²) in [7, 11) is 1.52. The number of anilines is 1. The SMILES string of the molecule is C=C[C@@]1(C)CCC=C(C[C@H](C)OC(=O)c2cc3c(c4c2c(N(O)O)cc2c(OC)cccc24)OCO3)[C@H]1C(=C)C=O. The fourth-order valence-electron chi connectivity index (χ4n) is 6.21. The summed E-state index contributed by atoms with van der Waals surface area (Å²) in [6.07, 6.45) is 6.16. The molecule has 1 aliphatic carbocycles. The maximum atomic E-state index is 13.8. The molecule has 1 heterocycles. The van der Waals surface area contributed by atoms with Gasteiger partial charge in [-0.05, 0) is 54.3 Å². The first-order valence-corrected chi connectivity index (χ1v) is 13.3. The van der Waals surface area contributed by atoms with Crippen LogP contribution in [0.3, 0.4) is 0 Å². The average molecular weight is 560 g/mol. The summed E-state index contributed by atoms with van der Waals surface area (Å²) in [4.78, 5) is 25.5. The Bertz CT molecular complexity index is 1610. The number of fused-ring (bicyclic) bond motifs is 5. The molecule has 3 aromatic carbocycles. The van der Waals surface area contributed by atoms with Crippen molar-refractivity contribution in [2.75, 3.05) is 19.1 Å². The lowest BCUT2D eigenvalue weighted by Crippen LogP contribution is -2.33. The maximum absolute atomic E-state index is 13.8. The Morgan fingerprint density at radius 1 is 1.24 bits per heavy atom. The van der Waals surface area contributed by atoms with Crippen molar-refractivity contribution in [3.05, 3.63) is 72.4 Å². The largest absolute Gasteiger partial charge is 0.496 e. The molecule has 2 N–H and O–H groups in total. The molecule has 9 heteroatoms. The van der Waals surface area contributed by atoms with E-state index in [1.54, 1.807) is 19.1 Å². The van der Waals surface area contributed by atoms with Gasteiger partial charge in [0.15, 0.2) is 11.5 Å². The van der Waals surface area contributed by atoms with E-state index < -0.39 is 12.1 Å². The van der Waals surface area contributed by atoms with Crippen LogP contribution in [0.1, 0.15) is 43.5 Å². The number of hydrogen-bond acceptors (Lipinski definition) is 9. The van der Waals surface area contributed by atoms with Gasteiger partial charge in [-0.25, -0.2) is 4.79 Å². The molecule has 5 rings (SSSR count). The lowest BCUT2D eigenvalue weighted by molar-refractivity contribution is -0.105. The standard InChI is InChI=1S/C32H33NO8/c1-6-32(4)12-8-9-20(29(32)18(2)16-34)13-19(3)41-31(35)23-15-26-30(40-17-39-26)28-21-10-7-11-25(38-5)22(21)14-24(27(23)28)33(36)37/h6-7,9-11,14-16,19,29,36-37H,1-2,8,12-13,17H2,3-5H3/t19-,29+,32-/m0/s1. The highest BCUT2D eigenvalue weighted by Gasteiger charge is 2.38. The second-order valence-electron chi connectivity index (χ2n) is 10.7. The van der Waals surface area contributed by atoms with Gasteiger partial charge in [-0.15, -0.1) is 11.8 Å². The van der Waals surface area contributed by atoms with Crippen LogP contribution >= 0.6 is 0 Å². The van der Waals surface area contributed by atoms with Crippen LogP contribution in [0.15, 0.2) is 66.8 Å². The molecule has 0 radical (unpaired) electrons. The van der Waals surface area contributed by atoms with E-state index in [2.05, 4.69) is 26.2 Å². The Morgan fingerprint density at radius 3 is 2.71 bits per heavy atom. The number of carbonyl (C=O) groups excluding carboxylic acids is 2. The van der Waals surface area contributed by atoms with Crippen LogP contribution in [-0.4, -0.2) is 42.7 Å². The minimum absolute atomic E-state index is 0.0325. The molecule has 0 amide bonds. The van der Waals surface area contributed by atoms with Crippen LogP contribution in [0.4, 0.5) is 5.69 Å². The van der Waals surface area contributed by atoms with E-state index in [-0.39, 0.29) is 40.0 Å². The zero-order valence-electron chi connectivity index (χ0n) is 23.3. The molecule has 0 fully saturated rings. The first-order chi connectivity index (χ1) is 19.6. The number of benzene rings is 3. The molecule has 214 valence electrons. The molecule has 3 aromatic rings. The molecule has 1 aliphatic heterocycles. The lowest BCUT2D eigenvalue weighted by Gasteiger charge is -2.40. The maximum Gasteiger partial charge on any atom is 0.339 e. The molecular weight excluding hydrogens is 526 g/mol. The Balaban J connectivity index is 1.57. The number of carbonyl (C=O) groups is 2. The highest BCUT2D eigenvalue weighted by Crippen LogP contribution is 2.50. The van der Waals surface area contributed by atoms with Crippen LogP contribution in [0.5, 0.6) is 17.2 Å². The van der Waals surface area contributed by atoms with Gasteiger partial charge in [0.25, 0.3) is 0 Å². The molecule has 0 saturated carbocycles. The third-order valence-corrected chi connectivity index (χ3v) is 8.13. The molecule has 9 nitrogen and oxygen atoms in total. The minimum atomic E-state index is -0.681. The van der Waals surface area contributed by atoms with Gasteiger partial charge in [-0.3, -0.25) is 15.2 Å². The van der Waals surface area contributed by atoms with Crippen molar-refractivity contribution in [3.63, 3.8) is 0 Å². The number of aldehydes is 1. The van der Waals surface area contributed by atoms with Crippen molar-refractivity contribution in [1.82, 2.24) is 0 Å². The zero-order valence-corrected chi connectivity index (χ0v) is 23.3. The van der Waals surface area contributed by atoms with Gasteiger partial charge in [-0.2, -0.15) is 0 Å². The summed E-state index contributed by atoms with van der Waals surface area (Å²) in [6.45, 7) is 11.7. The fourth-order valence-corrected chi connectivity index (χ4v) is 6.21. The number of esters is 1. The summed E-state index contributed by atoms with van der Waals surface area (Å²) in [6, 6.07) is 8.39. The topological polar surface area (TPSA) is 115 Å².